The third kappa shape index (κ3) is 5.49. The summed E-state index contributed by atoms with van der Waals surface area (Å²) in [6.45, 7) is 2.80. The zero-order valence-corrected chi connectivity index (χ0v) is 17.4. The number of piperazine rings is 1. The van der Waals surface area contributed by atoms with E-state index in [2.05, 4.69) is 22.4 Å². The molecule has 4 rings (SSSR count). The molecule has 1 aromatic heterocycles. The van der Waals surface area contributed by atoms with Gasteiger partial charge in [0.15, 0.2) is 0 Å². The van der Waals surface area contributed by atoms with E-state index >= 15 is 0 Å². The third-order valence-corrected chi connectivity index (χ3v) is 5.71. The van der Waals surface area contributed by atoms with E-state index in [-0.39, 0.29) is 24.2 Å². The van der Waals surface area contributed by atoms with Crippen molar-refractivity contribution in [3.8, 4) is 0 Å². The monoisotopic (exact) mass is 422 g/mol. The number of rotatable bonds is 7. The van der Waals surface area contributed by atoms with Gasteiger partial charge in [0.25, 0.3) is 0 Å². The molecule has 3 aromatic rings. The number of aryl methyl sites for hydroxylation is 1. The Morgan fingerprint density at radius 3 is 2.65 bits per heavy atom. The molecule has 1 aliphatic heterocycles. The van der Waals surface area contributed by atoms with Gasteiger partial charge in [-0.15, -0.1) is 0 Å². The van der Waals surface area contributed by atoms with E-state index in [1.54, 1.807) is 12.1 Å². The van der Waals surface area contributed by atoms with Crippen molar-refractivity contribution in [2.24, 2.45) is 0 Å². The summed E-state index contributed by atoms with van der Waals surface area (Å²) in [4.78, 5) is 32.0. The number of nitrogens with zero attached hydrogens (tertiary/aromatic N) is 2. The predicted molar refractivity (Wildman–Crippen MR) is 119 cm³/mol. The van der Waals surface area contributed by atoms with Gasteiger partial charge in [-0.05, 0) is 42.7 Å². The van der Waals surface area contributed by atoms with E-state index in [1.807, 2.05) is 28.1 Å². The Bertz CT molecular complexity index is 1060. The van der Waals surface area contributed by atoms with Gasteiger partial charge in [-0.3, -0.25) is 14.5 Å². The summed E-state index contributed by atoms with van der Waals surface area (Å²) in [6, 6.07) is 14.1. The van der Waals surface area contributed by atoms with Gasteiger partial charge >= 0.3 is 0 Å². The maximum atomic E-state index is 13.2. The van der Waals surface area contributed by atoms with Crippen molar-refractivity contribution in [3.05, 3.63) is 66.1 Å². The quantitative estimate of drug-likeness (QED) is 0.613. The number of carbonyl (C=O) groups excluding carboxylic acids is 2. The minimum atomic E-state index is -0.380. The lowest BCUT2D eigenvalue weighted by Gasteiger charge is -2.34. The molecule has 1 saturated heterocycles. The van der Waals surface area contributed by atoms with Crippen LogP contribution in [0.25, 0.3) is 10.9 Å². The molecule has 0 unspecified atom stereocenters. The molecular weight excluding hydrogens is 395 g/mol. The second-order valence-electron chi connectivity index (χ2n) is 7.93. The zero-order chi connectivity index (χ0) is 21.6. The second kappa shape index (κ2) is 9.75. The van der Waals surface area contributed by atoms with E-state index in [4.69, 9.17) is 0 Å². The van der Waals surface area contributed by atoms with Gasteiger partial charge in [0.05, 0.1) is 6.54 Å². The first-order valence-corrected chi connectivity index (χ1v) is 10.7. The van der Waals surface area contributed by atoms with Crippen LogP contribution in [-0.4, -0.2) is 59.3 Å². The summed E-state index contributed by atoms with van der Waals surface area (Å²) >= 11 is 0. The number of aromatic amines is 1. The smallest absolute Gasteiger partial charge is 0.238 e. The number of nitrogens with one attached hydrogen (secondary N) is 2. The molecule has 1 fully saturated rings. The Kier molecular flexibility index (Phi) is 6.62. The molecule has 0 spiro atoms. The lowest BCUT2D eigenvalue weighted by atomic mass is 10.1. The summed E-state index contributed by atoms with van der Waals surface area (Å²) in [5.41, 5.74) is 2.83. The van der Waals surface area contributed by atoms with Crippen molar-refractivity contribution in [3.63, 3.8) is 0 Å². The maximum absolute atomic E-state index is 13.2. The SMILES string of the molecule is O=C(CN1CCN(C(=O)CCCc2c[nH]c3ccccc23)CC1)Nc1cccc(F)c1. The number of benzene rings is 2. The van der Waals surface area contributed by atoms with Crippen LogP contribution in [0.3, 0.4) is 0 Å². The second-order valence-corrected chi connectivity index (χ2v) is 7.93. The number of aromatic nitrogens is 1. The first-order valence-electron chi connectivity index (χ1n) is 10.7. The summed E-state index contributed by atoms with van der Waals surface area (Å²) < 4.78 is 13.2. The number of halogens is 1. The van der Waals surface area contributed by atoms with E-state index < -0.39 is 0 Å². The highest BCUT2D eigenvalue weighted by Gasteiger charge is 2.22. The first-order chi connectivity index (χ1) is 15.1. The van der Waals surface area contributed by atoms with Gasteiger partial charge < -0.3 is 15.2 Å². The summed E-state index contributed by atoms with van der Waals surface area (Å²) in [5.74, 6) is -0.387. The summed E-state index contributed by atoms with van der Waals surface area (Å²) in [6.07, 6.45) is 4.25. The highest BCUT2D eigenvalue weighted by molar-refractivity contribution is 5.92. The molecule has 1 aliphatic rings. The number of carbonyl (C=O) groups is 2. The fourth-order valence-electron chi connectivity index (χ4n) is 4.05. The highest BCUT2D eigenvalue weighted by Crippen LogP contribution is 2.20. The van der Waals surface area contributed by atoms with Crippen LogP contribution in [0.5, 0.6) is 0 Å². The number of fused-ring (bicyclic) bond motifs is 1. The van der Waals surface area contributed by atoms with Gasteiger partial charge in [0, 0.05) is 55.4 Å². The van der Waals surface area contributed by atoms with Gasteiger partial charge in [0.2, 0.25) is 11.8 Å². The molecule has 6 nitrogen and oxygen atoms in total. The molecular formula is C24H27FN4O2. The molecule has 0 bridgehead atoms. The predicted octanol–water partition coefficient (Wildman–Crippen LogP) is 3.41. The van der Waals surface area contributed by atoms with Gasteiger partial charge in [-0.25, -0.2) is 4.39 Å². The highest BCUT2D eigenvalue weighted by atomic mass is 19.1. The van der Waals surface area contributed by atoms with E-state index in [0.29, 0.717) is 38.3 Å². The lowest BCUT2D eigenvalue weighted by Crippen LogP contribution is -2.50. The Morgan fingerprint density at radius 2 is 1.84 bits per heavy atom. The maximum Gasteiger partial charge on any atom is 0.238 e. The van der Waals surface area contributed by atoms with Crippen LogP contribution in [0, 0.1) is 5.82 Å². The average Bonchev–Trinajstić information content (AvgIpc) is 3.17. The third-order valence-electron chi connectivity index (χ3n) is 5.71. The van der Waals surface area contributed by atoms with Crippen LogP contribution >= 0.6 is 0 Å². The number of para-hydroxylation sites is 1. The van der Waals surface area contributed by atoms with E-state index in [0.717, 1.165) is 18.4 Å². The minimum absolute atomic E-state index is 0.170. The largest absolute Gasteiger partial charge is 0.361 e. The Labute approximate surface area is 181 Å². The van der Waals surface area contributed by atoms with Crippen molar-refractivity contribution < 1.29 is 14.0 Å². The van der Waals surface area contributed by atoms with E-state index in [1.165, 1.54) is 23.1 Å². The van der Waals surface area contributed by atoms with Gasteiger partial charge in [0.1, 0.15) is 5.82 Å². The average molecular weight is 423 g/mol. The molecule has 2 amide bonds. The van der Waals surface area contributed by atoms with Crippen molar-refractivity contribution in [1.82, 2.24) is 14.8 Å². The van der Waals surface area contributed by atoms with Crippen molar-refractivity contribution >= 4 is 28.4 Å². The van der Waals surface area contributed by atoms with Crippen LogP contribution in [-0.2, 0) is 16.0 Å². The summed E-state index contributed by atoms with van der Waals surface area (Å²) in [7, 11) is 0. The van der Waals surface area contributed by atoms with Crippen LogP contribution in [0.2, 0.25) is 0 Å². The number of hydrogen-bond acceptors (Lipinski definition) is 3. The van der Waals surface area contributed by atoms with Crippen molar-refractivity contribution in [2.75, 3.05) is 38.0 Å². The fourth-order valence-corrected chi connectivity index (χ4v) is 4.05. The van der Waals surface area contributed by atoms with Crippen LogP contribution in [0.4, 0.5) is 10.1 Å². The normalized spacial score (nSPS) is 14.7. The molecule has 7 heteroatoms. The molecule has 0 saturated carbocycles. The topological polar surface area (TPSA) is 68.4 Å². The lowest BCUT2D eigenvalue weighted by molar-refractivity contribution is -0.133. The zero-order valence-electron chi connectivity index (χ0n) is 17.4. The Morgan fingerprint density at radius 1 is 1.03 bits per heavy atom. The Balaban J connectivity index is 1.18. The number of H-pyrrole nitrogens is 1. The van der Waals surface area contributed by atoms with Gasteiger partial charge in [-0.1, -0.05) is 24.3 Å². The summed E-state index contributed by atoms with van der Waals surface area (Å²) in [5, 5.41) is 3.94. The minimum Gasteiger partial charge on any atom is -0.361 e. The van der Waals surface area contributed by atoms with Crippen LogP contribution in [0.15, 0.2) is 54.7 Å². The van der Waals surface area contributed by atoms with Gasteiger partial charge in [-0.2, -0.15) is 0 Å². The molecule has 0 aliphatic carbocycles. The molecule has 162 valence electrons. The Hall–Kier alpha value is -3.19. The molecule has 31 heavy (non-hydrogen) atoms. The van der Waals surface area contributed by atoms with Crippen molar-refractivity contribution in [2.45, 2.75) is 19.3 Å². The van der Waals surface area contributed by atoms with Crippen LogP contribution in [0.1, 0.15) is 18.4 Å². The number of amides is 2. The van der Waals surface area contributed by atoms with Crippen LogP contribution < -0.4 is 5.32 Å². The number of anilines is 1. The van der Waals surface area contributed by atoms with Crippen molar-refractivity contribution in [1.29, 1.82) is 0 Å². The number of hydrogen-bond donors (Lipinski definition) is 2. The molecule has 2 aromatic carbocycles. The standard InChI is InChI=1S/C24H27FN4O2/c25-19-6-4-7-20(15-19)27-23(30)17-28-11-13-29(14-12-28)24(31)10-3-5-18-16-26-22-9-2-1-8-21(18)22/h1-2,4,6-9,15-16,26H,3,5,10-14,17H2,(H,27,30). The fraction of sp³-hybridized carbons (Fsp3) is 0.333. The molecule has 2 N–H and O–H groups in total. The van der Waals surface area contributed by atoms with E-state index in [9.17, 15) is 14.0 Å². The molecule has 2 heterocycles. The molecule has 0 radical (unpaired) electrons. The molecule has 0 atom stereocenters. The first kappa shape index (κ1) is 21.1.